The van der Waals surface area contributed by atoms with E-state index < -0.39 is 56.0 Å². The van der Waals surface area contributed by atoms with Gasteiger partial charge in [0, 0.05) is 5.57 Å². The zero-order valence-corrected chi connectivity index (χ0v) is 11.0. The van der Waals surface area contributed by atoms with E-state index in [-0.39, 0.29) is 5.57 Å². The second-order valence-corrected chi connectivity index (χ2v) is 3.96. The first-order valence-corrected chi connectivity index (χ1v) is 5.65. The zero-order chi connectivity index (χ0) is 17.2. The van der Waals surface area contributed by atoms with Gasteiger partial charge < -0.3 is 40.9 Å². The minimum atomic E-state index is -1.67. The maximum absolute atomic E-state index is 9.87. The van der Waals surface area contributed by atoms with Crippen LogP contribution < -0.4 is 0 Å². The maximum Gasteiger partial charge on any atom is 0.331 e. The van der Waals surface area contributed by atoms with Gasteiger partial charge in [-0.3, -0.25) is 4.79 Å². The lowest BCUT2D eigenvalue weighted by Crippen LogP contribution is -2.46. The van der Waals surface area contributed by atoms with Gasteiger partial charge in [-0.1, -0.05) is 6.58 Å². The summed E-state index contributed by atoms with van der Waals surface area (Å²) in [6.45, 7) is 1.56. The van der Waals surface area contributed by atoms with E-state index >= 15 is 0 Å². The average molecular weight is 312 g/mol. The molecule has 0 amide bonds. The van der Waals surface area contributed by atoms with Gasteiger partial charge in [-0.2, -0.15) is 0 Å². The highest BCUT2D eigenvalue weighted by molar-refractivity contribution is 5.91. The van der Waals surface area contributed by atoms with Gasteiger partial charge in [0.25, 0.3) is 0 Å². The Bertz CT molecular complexity index is 328. The molecule has 10 nitrogen and oxygen atoms in total. The van der Waals surface area contributed by atoms with E-state index in [2.05, 4.69) is 6.58 Å². The number of carboxylic acids is 2. The van der Waals surface area contributed by atoms with Crippen LogP contribution in [0.4, 0.5) is 0 Å². The lowest BCUT2D eigenvalue weighted by atomic mass is 10.0. The number of aliphatic carboxylic acids is 2. The van der Waals surface area contributed by atoms with Crippen molar-refractivity contribution in [1.82, 2.24) is 0 Å². The summed E-state index contributed by atoms with van der Waals surface area (Å²) >= 11 is 0. The number of rotatable bonds is 8. The highest BCUT2D eigenvalue weighted by atomic mass is 16.4. The molecule has 0 spiro atoms. The molecule has 0 rings (SSSR count). The van der Waals surface area contributed by atoms with Crippen LogP contribution in [0.5, 0.6) is 0 Å². The Labute approximate surface area is 119 Å². The topological polar surface area (TPSA) is 196 Å². The van der Waals surface area contributed by atoms with Crippen LogP contribution in [-0.4, -0.2) is 90.4 Å². The van der Waals surface area contributed by atoms with Crippen molar-refractivity contribution in [3.8, 4) is 0 Å². The van der Waals surface area contributed by atoms with E-state index in [0.29, 0.717) is 0 Å². The van der Waals surface area contributed by atoms with Crippen molar-refractivity contribution < 1.29 is 50.4 Å². The van der Waals surface area contributed by atoms with Gasteiger partial charge in [-0.05, 0) is 0 Å². The molecule has 4 atom stereocenters. The third-order valence-corrected chi connectivity index (χ3v) is 2.18. The standard InChI is InChI=1S/C6H14O6.C5H6O4/c7-1-3(9)5(11)6(12)4(10)2-8;1-3(5(8)9)2-4(6)7/h3-12H,1-2H2;1-2H2,(H,6,7)(H,8,9). The van der Waals surface area contributed by atoms with Gasteiger partial charge >= 0.3 is 11.9 Å². The molecule has 0 saturated carbocycles. The maximum atomic E-state index is 9.87. The number of aliphatic hydroxyl groups is 6. The van der Waals surface area contributed by atoms with Gasteiger partial charge in [-0.25, -0.2) is 4.79 Å². The third kappa shape index (κ3) is 9.90. The molecule has 4 unspecified atom stereocenters. The van der Waals surface area contributed by atoms with Crippen LogP contribution in [-0.2, 0) is 9.59 Å². The summed E-state index contributed by atoms with van der Waals surface area (Å²) in [6.07, 6.45) is -6.90. The Kier molecular flexibility index (Phi) is 11.5. The first-order valence-electron chi connectivity index (χ1n) is 5.65. The molecule has 0 radical (unpaired) electrons. The van der Waals surface area contributed by atoms with Crippen LogP contribution in [0.1, 0.15) is 6.42 Å². The Balaban J connectivity index is 0. The molecule has 124 valence electrons. The minimum absolute atomic E-state index is 0.303. The average Bonchev–Trinajstić information content (AvgIpc) is 2.43. The molecular weight excluding hydrogens is 292 g/mol. The first kappa shape index (κ1) is 21.7. The van der Waals surface area contributed by atoms with E-state index in [1.54, 1.807) is 0 Å². The minimum Gasteiger partial charge on any atom is -0.481 e. The van der Waals surface area contributed by atoms with Crippen molar-refractivity contribution in [2.24, 2.45) is 0 Å². The summed E-state index contributed by atoms with van der Waals surface area (Å²) in [4.78, 5) is 19.7. The van der Waals surface area contributed by atoms with Gasteiger partial charge in [0.05, 0.1) is 19.6 Å². The monoisotopic (exact) mass is 312 g/mol. The third-order valence-electron chi connectivity index (χ3n) is 2.18. The summed E-state index contributed by atoms with van der Waals surface area (Å²) in [5.41, 5.74) is -0.303. The van der Waals surface area contributed by atoms with Gasteiger partial charge in [0.2, 0.25) is 0 Å². The molecule has 21 heavy (non-hydrogen) atoms. The molecule has 0 saturated heterocycles. The van der Waals surface area contributed by atoms with E-state index in [0.717, 1.165) is 0 Å². The normalized spacial score (nSPS) is 15.9. The van der Waals surface area contributed by atoms with Crippen molar-refractivity contribution in [2.75, 3.05) is 13.2 Å². The van der Waals surface area contributed by atoms with Crippen LogP contribution in [0.3, 0.4) is 0 Å². The summed E-state index contributed by atoms with van der Waals surface area (Å²) in [5, 5.41) is 68.3. The Hall–Kier alpha value is -1.56. The van der Waals surface area contributed by atoms with Crippen molar-refractivity contribution >= 4 is 11.9 Å². The molecule has 0 aliphatic rings. The molecule has 0 aromatic carbocycles. The van der Waals surface area contributed by atoms with Crippen molar-refractivity contribution in [1.29, 1.82) is 0 Å². The quantitative estimate of drug-likeness (QED) is 0.208. The number of hydrogen-bond acceptors (Lipinski definition) is 8. The molecular formula is C11H20O10. The first-order chi connectivity index (χ1) is 9.58. The van der Waals surface area contributed by atoms with E-state index in [1.807, 2.05) is 0 Å². The molecule has 8 N–H and O–H groups in total. The molecule has 0 aliphatic carbocycles. The predicted molar refractivity (Wildman–Crippen MR) is 67.2 cm³/mol. The zero-order valence-electron chi connectivity index (χ0n) is 11.0. The Morgan fingerprint density at radius 1 is 0.857 bits per heavy atom. The van der Waals surface area contributed by atoms with Crippen LogP contribution in [0.2, 0.25) is 0 Å². The van der Waals surface area contributed by atoms with Crippen LogP contribution >= 0.6 is 0 Å². The highest BCUT2D eigenvalue weighted by Gasteiger charge is 2.29. The fourth-order valence-electron chi connectivity index (χ4n) is 0.929. The van der Waals surface area contributed by atoms with Crippen LogP contribution in [0.25, 0.3) is 0 Å². The fourth-order valence-corrected chi connectivity index (χ4v) is 0.929. The number of carbonyl (C=O) groups is 2. The number of aliphatic hydroxyl groups excluding tert-OH is 6. The smallest absolute Gasteiger partial charge is 0.331 e. The predicted octanol–water partition coefficient (Wildman–Crippen LogP) is -3.48. The summed E-state index contributed by atoms with van der Waals surface area (Å²) in [6, 6.07) is 0. The van der Waals surface area contributed by atoms with E-state index in [9.17, 15) is 9.59 Å². The number of carboxylic acid groups (broad SMARTS) is 2. The second-order valence-electron chi connectivity index (χ2n) is 3.96. The second kappa shape index (κ2) is 11.1. The fraction of sp³-hybridized carbons (Fsp3) is 0.636. The molecule has 0 bridgehead atoms. The summed E-state index contributed by atoms with van der Waals surface area (Å²) in [5.74, 6) is -2.44. The van der Waals surface area contributed by atoms with Crippen molar-refractivity contribution in [2.45, 2.75) is 30.8 Å². The molecule has 0 aromatic heterocycles. The largest absolute Gasteiger partial charge is 0.481 e. The lowest BCUT2D eigenvalue weighted by molar-refractivity contribution is -0.139. The van der Waals surface area contributed by atoms with Gasteiger partial charge in [0.1, 0.15) is 24.4 Å². The Morgan fingerprint density at radius 3 is 1.33 bits per heavy atom. The highest BCUT2D eigenvalue weighted by Crippen LogP contribution is 2.04. The van der Waals surface area contributed by atoms with E-state index in [1.165, 1.54) is 0 Å². The van der Waals surface area contributed by atoms with Crippen molar-refractivity contribution in [3.05, 3.63) is 12.2 Å². The van der Waals surface area contributed by atoms with Crippen molar-refractivity contribution in [3.63, 3.8) is 0 Å². The molecule has 0 aliphatic heterocycles. The van der Waals surface area contributed by atoms with Gasteiger partial charge in [0.15, 0.2) is 0 Å². The number of hydrogen-bond donors (Lipinski definition) is 8. The lowest BCUT2D eigenvalue weighted by Gasteiger charge is -2.24. The van der Waals surface area contributed by atoms with Gasteiger partial charge in [-0.15, -0.1) is 0 Å². The van der Waals surface area contributed by atoms with E-state index in [4.69, 9.17) is 40.9 Å². The van der Waals surface area contributed by atoms with Crippen LogP contribution in [0, 0.1) is 0 Å². The Morgan fingerprint density at radius 2 is 1.19 bits per heavy atom. The molecule has 10 heteroatoms. The van der Waals surface area contributed by atoms with Crippen LogP contribution in [0.15, 0.2) is 12.2 Å². The SMILES string of the molecule is C=C(CC(=O)O)C(=O)O.OCC(O)C(O)C(O)C(O)CO. The molecule has 0 heterocycles. The summed E-state index contributed by atoms with van der Waals surface area (Å²) in [7, 11) is 0. The summed E-state index contributed by atoms with van der Waals surface area (Å²) < 4.78 is 0. The molecule has 0 aromatic rings. The molecule has 0 fully saturated rings.